The standard InChI is InChI=1S/C16H16ClN3OS/c1-9-10(2)22-16(19-9)14-13(21)8-20(15(14)18)7-11-3-5-12(17)6-4-11/h3-6,18,21H,7-8H2,1-2H3. The number of nitrogens with one attached hydrogen (secondary N) is 1. The zero-order valence-corrected chi connectivity index (χ0v) is 13.9. The van der Waals surface area contributed by atoms with Crippen LogP contribution in [0.2, 0.25) is 5.02 Å². The number of hydrogen-bond acceptors (Lipinski definition) is 4. The molecule has 1 aliphatic rings. The smallest absolute Gasteiger partial charge is 0.135 e. The third-order valence-corrected chi connectivity index (χ3v) is 5.05. The molecular formula is C16H16ClN3OS. The van der Waals surface area contributed by atoms with Crippen molar-refractivity contribution in [3.8, 4) is 0 Å². The van der Waals surface area contributed by atoms with E-state index in [0.29, 0.717) is 29.5 Å². The lowest BCUT2D eigenvalue weighted by Crippen LogP contribution is -2.25. The zero-order valence-electron chi connectivity index (χ0n) is 12.4. The molecule has 0 unspecified atom stereocenters. The van der Waals surface area contributed by atoms with Crippen LogP contribution in [0, 0.1) is 19.3 Å². The molecule has 22 heavy (non-hydrogen) atoms. The van der Waals surface area contributed by atoms with E-state index in [0.717, 1.165) is 21.1 Å². The summed E-state index contributed by atoms with van der Waals surface area (Å²) in [5.74, 6) is 0.536. The second-order valence-corrected chi connectivity index (χ2v) is 6.95. The van der Waals surface area contributed by atoms with Gasteiger partial charge in [-0.2, -0.15) is 0 Å². The Bertz CT molecular complexity index is 745. The largest absolute Gasteiger partial charge is 0.510 e. The molecule has 0 radical (unpaired) electrons. The van der Waals surface area contributed by atoms with E-state index >= 15 is 0 Å². The summed E-state index contributed by atoms with van der Waals surface area (Å²) >= 11 is 7.40. The summed E-state index contributed by atoms with van der Waals surface area (Å²) in [6.45, 7) is 4.84. The van der Waals surface area contributed by atoms with Crippen LogP contribution in [0.3, 0.4) is 0 Å². The summed E-state index contributed by atoms with van der Waals surface area (Å²) in [4.78, 5) is 7.41. The van der Waals surface area contributed by atoms with E-state index in [1.54, 1.807) is 0 Å². The number of aromatic nitrogens is 1. The predicted molar refractivity (Wildman–Crippen MR) is 90.7 cm³/mol. The van der Waals surface area contributed by atoms with Gasteiger partial charge >= 0.3 is 0 Å². The van der Waals surface area contributed by atoms with E-state index in [1.165, 1.54) is 11.3 Å². The maximum absolute atomic E-state index is 10.2. The summed E-state index contributed by atoms with van der Waals surface area (Å²) in [6.07, 6.45) is 0. The summed E-state index contributed by atoms with van der Waals surface area (Å²) in [5.41, 5.74) is 2.55. The highest BCUT2D eigenvalue weighted by molar-refractivity contribution is 7.13. The van der Waals surface area contributed by atoms with Gasteiger partial charge in [0.05, 0.1) is 17.8 Å². The lowest BCUT2D eigenvalue weighted by atomic mass is 10.2. The van der Waals surface area contributed by atoms with Crippen molar-refractivity contribution in [3.05, 3.63) is 56.2 Å². The van der Waals surface area contributed by atoms with Crippen molar-refractivity contribution in [1.82, 2.24) is 9.88 Å². The molecule has 0 fully saturated rings. The second kappa shape index (κ2) is 5.74. The SMILES string of the molecule is Cc1nc(C2=C(O)CN(Cc3ccc(Cl)cc3)C2=N)sc1C. The van der Waals surface area contributed by atoms with Gasteiger partial charge < -0.3 is 10.0 Å². The van der Waals surface area contributed by atoms with Gasteiger partial charge in [-0.15, -0.1) is 11.3 Å². The van der Waals surface area contributed by atoms with Gasteiger partial charge in [0.1, 0.15) is 16.6 Å². The minimum Gasteiger partial charge on any atom is -0.510 e. The average Bonchev–Trinajstić information content (AvgIpc) is 2.93. The summed E-state index contributed by atoms with van der Waals surface area (Å²) in [6, 6.07) is 7.53. The molecule has 1 aliphatic heterocycles. The molecule has 2 heterocycles. The van der Waals surface area contributed by atoms with Crippen LogP contribution in [0.4, 0.5) is 0 Å². The maximum Gasteiger partial charge on any atom is 0.135 e. The molecule has 0 spiro atoms. The van der Waals surface area contributed by atoms with E-state index in [4.69, 9.17) is 17.0 Å². The van der Waals surface area contributed by atoms with Gasteiger partial charge in [-0.1, -0.05) is 23.7 Å². The van der Waals surface area contributed by atoms with E-state index < -0.39 is 0 Å². The second-order valence-electron chi connectivity index (χ2n) is 5.31. The molecule has 0 saturated carbocycles. The van der Waals surface area contributed by atoms with Crippen LogP contribution in [-0.2, 0) is 6.54 Å². The number of rotatable bonds is 3. The van der Waals surface area contributed by atoms with Gasteiger partial charge in [-0.25, -0.2) is 4.98 Å². The van der Waals surface area contributed by atoms with E-state index in [1.807, 2.05) is 43.0 Å². The molecule has 0 atom stereocenters. The molecule has 0 bridgehead atoms. The van der Waals surface area contributed by atoms with E-state index in [2.05, 4.69) is 4.98 Å². The molecule has 114 valence electrons. The monoisotopic (exact) mass is 333 g/mol. The zero-order chi connectivity index (χ0) is 15.9. The van der Waals surface area contributed by atoms with Gasteiger partial charge in [0.25, 0.3) is 0 Å². The lowest BCUT2D eigenvalue weighted by molar-refractivity contribution is 0.347. The van der Waals surface area contributed by atoms with Crippen molar-refractivity contribution in [2.45, 2.75) is 20.4 Å². The Balaban J connectivity index is 1.82. The van der Waals surface area contributed by atoms with Crippen molar-refractivity contribution >= 4 is 34.3 Å². The maximum atomic E-state index is 10.2. The topological polar surface area (TPSA) is 60.2 Å². The number of aryl methyl sites for hydroxylation is 2. The van der Waals surface area contributed by atoms with Crippen LogP contribution in [-0.4, -0.2) is 27.4 Å². The number of benzene rings is 1. The molecule has 1 aromatic heterocycles. The Morgan fingerprint density at radius 2 is 2.00 bits per heavy atom. The van der Waals surface area contributed by atoms with Crippen LogP contribution < -0.4 is 0 Å². The molecule has 0 aliphatic carbocycles. The minimum atomic E-state index is 0.215. The molecule has 3 rings (SSSR count). The number of aliphatic hydroxyl groups excluding tert-OH is 1. The predicted octanol–water partition coefficient (Wildman–Crippen LogP) is 4.18. The third-order valence-electron chi connectivity index (χ3n) is 3.71. The first-order valence-corrected chi connectivity index (χ1v) is 8.10. The first-order valence-electron chi connectivity index (χ1n) is 6.90. The normalized spacial score (nSPS) is 15.0. The van der Waals surface area contributed by atoms with Gasteiger partial charge in [0, 0.05) is 16.4 Å². The number of halogens is 1. The van der Waals surface area contributed by atoms with Gasteiger partial charge in [-0.05, 0) is 31.5 Å². The molecular weight excluding hydrogens is 318 g/mol. The number of aliphatic hydroxyl groups is 1. The van der Waals surface area contributed by atoms with Gasteiger partial charge in [0.15, 0.2) is 0 Å². The molecule has 0 saturated heterocycles. The van der Waals surface area contributed by atoms with Crippen molar-refractivity contribution in [1.29, 1.82) is 5.41 Å². The molecule has 4 nitrogen and oxygen atoms in total. The average molecular weight is 334 g/mol. The molecule has 1 aromatic carbocycles. The van der Waals surface area contributed by atoms with E-state index in [9.17, 15) is 5.11 Å². The quantitative estimate of drug-likeness (QED) is 0.886. The Kier molecular flexibility index (Phi) is 3.93. The van der Waals surface area contributed by atoms with Crippen molar-refractivity contribution in [2.24, 2.45) is 0 Å². The number of amidine groups is 1. The molecule has 2 N–H and O–H groups in total. The number of thiazole rings is 1. The van der Waals surface area contributed by atoms with Crippen molar-refractivity contribution < 1.29 is 5.11 Å². The molecule has 2 aromatic rings. The summed E-state index contributed by atoms with van der Waals surface area (Å²) in [5, 5.41) is 20.0. The Morgan fingerprint density at radius 1 is 1.32 bits per heavy atom. The molecule has 0 amide bonds. The highest BCUT2D eigenvalue weighted by atomic mass is 35.5. The third kappa shape index (κ3) is 2.74. The Morgan fingerprint density at radius 3 is 2.59 bits per heavy atom. The fourth-order valence-electron chi connectivity index (χ4n) is 2.38. The minimum absolute atomic E-state index is 0.215. The van der Waals surface area contributed by atoms with E-state index in [-0.39, 0.29) is 5.76 Å². The van der Waals surface area contributed by atoms with Crippen LogP contribution in [0.15, 0.2) is 30.0 Å². The number of nitrogens with zero attached hydrogens (tertiary/aromatic N) is 2. The highest BCUT2D eigenvalue weighted by Gasteiger charge is 2.30. The van der Waals surface area contributed by atoms with Crippen LogP contribution >= 0.6 is 22.9 Å². The summed E-state index contributed by atoms with van der Waals surface area (Å²) < 4.78 is 0. The first kappa shape index (κ1) is 15.1. The van der Waals surface area contributed by atoms with Crippen LogP contribution in [0.25, 0.3) is 5.57 Å². The van der Waals surface area contributed by atoms with Crippen LogP contribution in [0.1, 0.15) is 21.1 Å². The Hall–Kier alpha value is -1.85. The first-order chi connectivity index (χ1) is 10.5. The van der Waals surface area contributed by atoms with Crippen molar-refractivity contribution in [3.63, 3.8) is 0 Å². The lowest BCUT2D eigenvalue weighted by Gasteiger charge is -2.18. The van der Waals surface area contributed by atoms with Gasteiger partial charge in [0.2, 0.25) is 0 Å². The number of hydrogen-bond donors (Lipinski definition) is 2. The fraction of sp³-hybridized carbons (Fsp3) is 0.250. The van der Waals surface area contributed by atoms with Crippen molar-refractivity contribution in [2.75, 3.05) is 6.54 Å². The highest BCUT2D eigenvalue weighted by Crippen LogP contribution is 2.32. The summed E-state index contributed by atoms with van der Waals surface area (Å²) in [7, 11) is 0. The molecule has 6 heteroatoms. The van der Waals surface area contributed by atoms with Crippen LogP contribution in [0.5, 0.6) is 0 Å². The Labute approximate surface area is 138 Å². The fourth-order valence-corrected chi connectivity index (χ4v) is 3.49. The van der Waals surface area contributed by atoms with Gasteiger partial charge in [-0.3, -0.25) is 5.41 Å².